The zero-order chi connectivity index (χ0) is 14.8. The van der Waals surface area contributed by atoms with Crippen LogP contribution in [0.5, 0.6) is 0 Å². The highest BCUT2D eigenvalue weighted by Gasteiger charge is 2.18. The fraction of sp³-hybridized carbons (Fsp3) is 0.357. The van der Waals surface area contributed by atoms with Gasteiger partial charge in [0.05, 0.1) is 22.9 Å². The van der Waals surface area contributed by atoms with Crippen molar-refractivity contribution in [2.45, 2.75) is 25.3 Å². The zero-order valence-corrected chi connectivity index (χ0v) is 13.5. The largest absolute Gasteiger partial charge is 0.367 e. The minimum Gasteiger partial charge on any atom is -0.367 e. The molecule has 108 valence electrons. The number of thiazole rings is 1. The van der Waals surface area contributed by atoms with E-state index in [9.17, 15) is 8.42 Å². The van der Waals surface area contributed by atoms with E-state index in [1.807, 2.05) is 36.4 Å². The summed E-state index contributed by atoms with van der Waals surface area (Å²) in [6.45, 7) is 4.22. The summed E-state index contributed by atoms with van der Waals surface area (Å²) in [5.41, 5.74) is 1.72. The Labute approximate surface area is 124 Å². The molecule has 2 rings (SSSR count). The van der Waals surface area contributed by atoms with Gasteiger partial charge in [-0.2, -0.15) is 0 Å². The van der Waals surface area contributed by atoms with E-state index in [0.29, 0.717) is 11.4 Å². The number of aryl methyl sites for hydroxylation is 1. The first-order chi connectivity index (χ1) is 9.44. The lowest BCUT2D eigenvalue weighted by molar-refractivity contribution is 0.597. The number of sulfone groups is 1. The van der Waals surface area contributed by atoms with Crippen LogP contribution in [0.25, 0.3) is 0 Å². The van der Waals surface area contributed by atoms with Crippen LogP contribution in [-0.2, 0) is 16.4 Å². The van der Waals surface area contributed by atoms with Gasteiger partial charge >= 0.3 is 0 Å². The molecule has 20 heavy (non-hydrogen) atoms. The van der Waals surface area contributed by atoms with Crippen LogP contribution >= 0.6 is 11.3 Å². The van der Waals surface area contributed by atoms with E-state index in [4.69, 9.17) is 0 Å². The van der Waals surface area contributed by atoms with E-state index in [0.717, 1.165) is 16.4 Å². The van der Waals surface area contributed by atoms with Crippen LogP contribution in [0.3, 0.4) is 0 Å². The Hall–Kier alpha value is -1.40. The predicted molar refractivity (Wildman–Crippen MR) is 83.1 cm³/mol. The maximum atomic E-state index is 12.1. The van der Waals surface area contributed by atoms with Crippen LogP contribution in [-0.4, -0.2) is 26.2 Å². The second-order valence-corrected chi connectivity index (χ2v) is 7.80. The Morgan fingerprint density at radius 2 is 2.00 bits per heavy atom. The van der Waals surface area contributed by atoms with Crippen molar-refractivity contribution < 1.29 is 8.42 Å². The molecular formula is C14H18N2O2S2. The van der Waals surface area contributed by atoms with Gasteiger partial charge in [0.15, 0.2) is 9.84 Å². The molecule has 0 atom stereocenters. The van der Waals surface area contributed by atoms with Crippen LogP contribution in [0, 0.1) is 6.92 Å². The van der Waals surface area contributed by atoms with Crippen LogP contribution < -0.4 is 4.90 Å². The van der Waals surface area contributed by atoms with E-state index in [2.05, 4.69) is 4.98 Å². The molecule has 0 saturated heterocycles. The van der Waals surface area contributed by atoms with Gasteiger partial charge in [0.25, 0.3) is 0 Å². The summed E-state index contributed by atoms with van der Waals surface area (Å²) >= 11 is 1.59. The Morgan fingerprint density at radius 3 is 2.60 bits per heavy atom. The van der Waals surface area contributed by atoms with E-state index >= 15 is 0 Å². The van der Waals surface area contributed by atoms with E-state index in [1.165, 1.54) is 0 Å². The topological polar surface area (TPSA) is 50.3 Å². The Balaban J connectivity index is 2.33. The van der Waals surface area contributed by atoms with E-state index in [-0.39, 0.29) is 5.75 Å². The van der Waals surface area contributed by atoms with Crippen molar-refractivity contribution in [3.8, 4) is 0 Å². The number of rotatable bonds is 5. The smallest absolute Gasteiger partial charge is 0.180 e. The van der Waals surface area contributed by atoms with E-state index < -0.39 is 9.84 Å². The van der Waals surface area contributed by atoms with Gasteiger partial charge in [-0.3, -0.25) is 0 Å². The highest BCUT2D eigenvalue weighted by Crippen LogP contribution is 2.26. The molecule has 1 heterocycles. The summed E-state index contributed by atoms with van der Waals surface area (Å²) in [4.78, 5) is 6.73. The van der Waals surface area contributed by atoms with Gasteiger partial charge in [-0.05, 0) is 19.1 Å². The van der Waals surface area contributed by atoms with Crippen molar-refractivity contribution in [3.63, 3.8) is 0 Å². The average molecular weight is 310 g/mol. The van der Waals surface area contributed by atoms with Gasteiger partial charge in [-0.1, -0.05) is 19.1 Å². The molecule has 6 heteroatoms. The summed E-state index contributed by atoms with van der Waals surface area (Å²) in [5.74, 6) is 0.105. The molecule has 0 aliphatic rings. The van der Waals surface area contributed by atoms with Crippen LogP contribution in [0.1, 0.15) is 17.6 Å². The summed E-state index contributed by atoms with van der Waals surface area (Å²) in [5, 5.41) is 2.98. The van der Waals surface area contributed by atoms with Gasteiger partial charge in [0, 0.05) is 18.1 Å². The summed E-state index contributed by atoms with van der Waals surface area (Å²) < 4.78 is 24.3. The standard InChI is InChI=1S/C14H18N2O2S2/c1-4-20(17,18)13-8-6-5-7-12(13)16(3)9-14-15-11(2)10-19-14/h5-8,10H,4,9H2,1-3H3. The van der Waals surface area contributed by atoms with Crippen LogP contribution in [0.2, 0.25) is 0 Å². The van der Waals surface area contributed by atoms with Gasteiger partial charge < -0.3 is 4.90 Å². The summed E-state index contributed by atoms with van der Waals surface area (Å²) in [6.07, 6.45) is 0. The molecule has 0 aliphatic heterocycles. The zero-order valence-electron chi connectivity index (χ0n) is 11.8. The lowest BCUT2D eigenvalue weighted by Gasteiger charge is -2.21. The SMILES string of the molecule is CCS(=O)(=O)c1ccccc1N(C)Cc1nc(C)cs1. The monoisotopic (exact) mass is 310 g/mol. The van der Waals surface area contributed by atoms with Crippen molar-refractivity contribution in [2.24, 2.45) is 0 Å². The Kier molecular flexibility index (Phi) is 4.45. The third kappa shape index (κ3) is 3.19. The minimum atomic E-state index is -3.22. The third-order valence-electron chi connectivity index (χ3n) is 3.03. The highest BCUT2D eigenvalue weighted by molar-refractivity contribution is 7.91. The second-order valence-electron chi connectivity index (χ2n) is 4.61. The molecule has 0 saturated carbocycles. The predicted octanol–water partition coefficient (Wildman–Crippen LogP) is 2.88. The van der Waals surface area contributed by atoms with Gasteiger partial charge in [0.1, 0.15) is 5.01 Å². The molecule has 0 bridgehead atoms. The second kappa shape index (κ2) is 5.93. The van der Waals surface area contributed by atoms with Crippen LogP contribution in [0.4, 0.5) is 5.69 Å². The maximum Gasteiger partial charge on any atom is 0.180 e. The third-order valence-corrected chi connectivity index (χ3v) is 5.76. The number of hydrogen-bond donors (Lipinski definition) is 0. The molecule has 2 aromatic rings. The van der Waals surface area contributed by atoms with Crippen molar-refractivity contribution >= 4 is 26.9 Å². The number of anilines is 1. The quantitative estimate of drug-likeness (QED) is 0.852. The van der Waals surface area contributed by atoms with Gasteiger partial charge in [-0.25, -0.2) is 13.4 Å². The molecule has 0 radical (unpaired) electrons. The molecule has 0 amide bonds. The van der Waals surface area contributed by atoms with Crippen LogP contribution in [0.15, 0.2) is 34.5 Å². The fourth-order valence-electron chi connectivity index (χ4n) is 1.95. The number of nitrogens with zero attached hydrogens (tertiary/aromatic N) is 2. The molecule has 1 aromatic carbocycles. The average Bonchev–Trinajstić information content (AvgIpc) is 2.84. The molecule has 0 aliphatic carbocycles. The van der Waals surface area contributed by atoms with Crippen molar-refractivity contribution in [1.29, 1.82) is 0 Å². The fourth-order valence-corrected chi connectivity index (χ4v) is 3.92. The van der Waals surface area contributed by atoms with Crippen molar-refractivity contribution in [3.05, 3.63) is 40.3 Å². The van der Waals surface area contributed by atoms with Gasteiger partial charge in [-0.15, -0.1) is 11.3 Å². The molecule has 1 aromatic heterocycles. The highest BCUT2D eigenvalue weighted by atomic mass is 32.2. The molecular weight excluding hydrogens is 292 g/mol. The minimum absolute atomic E-state index is 0.105. The lowest BCUT2D eigenvalue weighted by atomic mass is 10.3. The van der Waals surface area contributed by atoms with Crippen molar-refractivity contribution in [1.82, 2.24) is 4.98 Å². The van der Waals surface area contributed by atoms with E-state index in [1.54, 1.807) is 30.4 Å². The Bertz CT molecular complexity index is 693. The first kappa shape index (κ1) is 15.0. The number of para-hydroxylation sites is 1. The molecule has 0 fully saturated rings. The molecule has 0 unspecified atom stereocenters. The summed E-state index contributed by atoms with van der Waals surface area (Å²) in [6, 6.07) is 7.11. The number of hydrogen-bond acceptors (Lipinski definition) is 5. The first-order valence-corrected chi connectivity index (χ1v) is 8.91. The van der Waals surface area contributed by atoms with Gasteiger partial charge in [0.2, 0.25) is 0 Å². The molecule has 0 N–H and O–H groups in total. The Morgan fingerprint density at radius 1 is 1.30 bits per heavy atom. The maximum absolute atomic E-state index is 12.1. The molecule has 0 spiro atoms. The number of benzene rings is 1. The first-order valence-electron chi connectivity index (χ1n) is 6.38. The number of aromatic nitrogens is 1. The summed E-state index contributed by atoms with van der Waals surface area (Å²) in [7, 11) is -1.33. The lowest BCUT2D eigenvalue weighted by Crippen LogP contribution is -2.19. The molecule has 4 nitrogen and oxygen atoms in total. The normalized spacial score (nSPS) is 11.6. The van der Waals surface area contributed by atoms with Crippen molar-refractivity contribution in [2.75, 3.05) is 17.7 Å².